The predicted molar refractivity (Wildman–Crippen MR) is 101 cm³/mol. The normalized spacial score (nSPS) is 11.4. The van der Waals surface area contributed by atoms with E-state index in [1.165, 1.54) is 5.56 Å². The lowest BCUT2D eigenvalue weighted by atomic mass is 10.0. The van der Waals surface area contributed by atoms with Gasteiger partial charge in [-0.2, -0.15) is 0 Å². The van der Waals surface area contributed by atoms with Gasteiger partial charge in [-0.15, -0.1) is 5.10 Å². The van der Waals surface area contributed by atoms with Gasteiger partial charge in [0.1, 0.15) is 5.82 Å². The molecule has 0 saturated heterocycles. The molecule has 3 rings (SSSR count). The summed E-state index contributed by atoms with van der Waals surface area (Å²) in [5.74, 6) is 1.77. The Labute approximate surface area is 154 Å². The van der Waals surface area contributed by atoms with E-state index in [9.17, 15) is 0 Å². The standard InChI is InChI=1S/C17H21BrN6O/c1-10(2)12-5-6-14(13(18)9-12)21-16-15-17(20-11(3)19-16)24(23-22-15)7-8-25-4/h5-6,9-10H,7-8H2,1-4H3,(H,19,20,21). The molecule has 132 valence electrons. The molecular weight excluding hydrogens is 384 g/mol. The first-order valence-electron chi connectivity index (χ1n) is 8.13. The van der Waals surface area contributed by atoms with Crippen LogP contribution in [0.25, 0.3) is 11.2 Å². The van der Waals surface area contributed by atoms with Crippen LogP contribution in [0.1, 0.15) is 31.2 Å². The summed E-state index contributed by atoms with van der Waals surface area (Å²) < 4.78 is 7.83. The highest BCUT2D eigenvalue weighted by molar-refractivity contribution is 9.10. The van der Waals surface area contributed by atoms with Crippen molar-refractivity contribution in [3.63, 3.8) is 0 Å². The Bertz CT molecular complexity index is 892. The van der Waals surface area contributed by atoms with Gasteiger partial charge in [0.15, 0.2) is 17.0 Å². The van der Waals surface area contributed by atoms with Crippen LogP contribution in [0.4, 0.5) is 11.5 Å². The Morgan fingerprint density at radius 2 is 2.08 bits per heavy atom. The predicted octanol–water partition coefficient (Wildman–Crippen LogP) is 3.81. The summed E-state index contributed by atoms with van der Waals surface area (Å²) in [5.41, 5.74) is 3.53. The molecule has 0 saturated carbocycles. The summed E-state index contributed by atoms with van der Waals surface area (Å²) in [6, 6.07) is 6.27. The highest BCUT2D eigenvalue weighted by Gasteiger charge is 2.15. The van der Waals surface area contributed by atoms with Gasteiger partial charge in [0.05, 0.1) is 18.8 Å². The fraction of sp³-hybridized carbons (Fsp3) is 0.412. The number of hydrogen-bond donors (Lipinski definition) is 1. The Balaban J connectivity index is 1.97. The number of aromatic nitrogens is 5. The van der Waals surface area contributed by atoms with Crippen molar-refractivity contribution in [1.82, 2.24) is 25.0 Å². The van der Waals surface area contributed by atoms with Gasteiger partial charge in [0.25, 0.3) is 0 Å². The third-order valence-corrected chi connectivity index (χ3v) is 4.55. The molecule has 0 atom stereocenters. The molecule has 7 nitrogen and oxygen atoms in total. The Hall–Kier alpha value is -2.06. The van der Waals surface area contributed by atoms with Crippen molar-refractivity contribution in [1.29, 1.82) is 0 Å². The van der Waals surface area contributed by atoms with Gasteiger partial charge in [-0.1, -0.05) is 25.1 Å². The highest BCUT2D eigenvalue weighted by atomic mass is 79.9. The third kappa shape index (κ3) is 3.80. The number of benzene rings is 1. The van der Waals surface area contributed by atoms with Gasteiger partial charge in [0.2, 0.25) is 0 Å². The van der Waals surface area contributed by atoms with Gasteiger partial charge in [-0.05, 0) is 46.5 Å². The van der Waals surface area contributed by atoms with E-state index < -0.39 is 0 Å². The summed E-state index contributed by atoms with van der Waals surface area (Å²) in [4.78, 5) is 8.97. The van der Waals surface area contributed by atoms with E-state index in [0.29, 0.717) is 41.9 Å². The summed E-state index contributed by atoms with van der Waals surface area (Å²) in [6.07, 6.45) is 0. The third-order valence-electron chi connectivity index (χ3n) is 3.89. The van der Waals surface area contributed by atoms with E-state index in [0.717, 1.165) is 10.2 Å². The number of hydrogen-bond acceptors (Lipinski definition) is 6. The highest BCUT2D eigenvalue weighted by Crippen LogP contribution is 2.30. The molecule has 0 radical (unpaired) electrons. The van der Waals surface area contributed by atoms with Crippen LogP contribution in [0.2, 0.25) is 0 Å². The van der Waals surface area contributed by atoms with E-state index >= 15 is 0 Å². The lowest BCUT2D eigenvalue weighted by Crippen LogP contribution is -2.07. The molecule has 1 aromatic carbocycles. The zero-order valence-corrected chi connectivity index (χ0v) is 16.3. The molecule has 2 aromatic heterocycles. The number of methoxy groups -OCH3 is 1. The lowest BCUT2D eigenvalue weighted by Gasteiger charge is -2.12. The first-order chi connectivity index (χ1) is 12.0. The second kappa shape index (κ2) is 7.45. The number of nitrogens with zero attached hydrogens (tertiary/aromatic N) is 5. The van der Waals surface area contributed by atoms with Crippen LogP contribution in [0, 0.1) is 6.92 Å². The fourth-order valence-corrected chi connectivity index (χ4v) is 3.00. The van der Waals surface area contributed by atoms with Gasteiger partial charge < -0.3 is 10.1 Å². The van der Waals surface area contributed by atoms with Crippen molar-refractivity contribution < 1.29 is 4.74 Å². The molecule has 0 fully saturated rings. The summed E-state index contributed by atoms with van der Waals surface area (Å²) in [6.45, 7) is 7.34. The maximum absolute atomic E-state index is 5.11. The summed E-state index contributed by atoms with van der Waals surface area (Å²) >= 11 is 3.63. The molecule has 0 bridgehead atoms. The van der Waals surface area contributed by atoms with Crippen molar-refractivity contribution in [2.45, 2.75) is 33.2 Å². The minimum atomic E-state index is 0.471. The maximum Gasteiger partial charge on any atom is 0.184 e. The molecule has 0 aliphatic heterocycles. The van der Waals surface area contributed by atoms with E-state index in [2.05, 4.69) is 67.5 Å². The van der Waals surface area contributed by atoms with E-state index in [1.54, 1.807) is 11.8 Å². The van der Waals surface area contributed by atoms with Crippen molar-refractivity contribution in [3.8, 4) is 0 Å². The monoisotopic (exact) mass is 404 g/mol. The van der Waals surface area contributed by atoms with Crippen LogP contribution >= 0.6 is 15.9 Å². The van der Waals surface area contributed by atoms with Crippen molar-refractivity contribution in [3.05, 3.63) is 34.1 Å². The van der Waals surface area contributed by atoms with Crippen LogP contribution in [0.3, 0.4) is 0 Å². The Morgan fingerprint density at radius 3 is 2.76 bits per heavy atom. The molecule has 8 heteroatoms. The van der Waals surface area contributed by atoms with Crippen molar-refractivity contribution in [2.75, 3.05) is 19.0 Å². The van der Waals surface area contributed by atoms with Crippen molar-refractivity contribution >= 4 is 38.6 Å². The largest absolute Gasteiger partial charge is 0.383 e. The maximum atomic E-state index is 5.11. The first kappa shape index (κ1) is 17.8. The zero-order chi connectivity index (χ0) is 18.0. The van der Waals surface area contributed by atoms with Crippen LogP contribution in [0.15, 0.2) is 22.7 Å². The molecule has 0 unspecified atom stereocenters. The number of ether oxygens (including phenoxy) is 1. The molecule has 0 spiro atoms. The van der Waals surface area contributed by atoms with E-state index in [-0.39, 0.29) is 0 Å². The minimum absolute atomic E-state index is 0.471. The molecule has 0 amide bonds. The van der Waals surface area contributed by atoms with Crippen molar-refractivity contribution in [2.24, 2.45) is 0 Å². The lowest BCUT2D eigenvalue weighted by molar-refractivity contribution is 0.184. The Morgan fingerprint density at radius 1 is 1.28 bits per heavy atom. The first-order valence-corrected chi connectivity index (χ1v) is 8.92. The van der Waals surface area contributed by atoms with Crippen LogP contribution < -0.4 is 5.32 Å². The fourth-order valence-electron chi connectivity index (χ4n) is 2.50. The number of rotatable bonds is 6. The minimum Gasteiger partial charge on any atom is -0.383 e. The Kier molecular flexibility index (Phi) is 5.29. The molecular formula is C17H21BrN6O. The van der Waals surface area contributed by atoms with Gasteiger partial charge in [-0.3, -0.25) is 0 Å². The van der Waals surface area contributed by atoms with Gasteiger partial charge in [0, 0.05) is 11.6 Å². The molecule has 3 aromatic rings. The molecule has 25 heavy (non-hydrogen) atoms. The molecule has 2 heterocycles. The quantitative estimate of drug-likeness (QED) is 0.672. The van der Waals surface area contributed by atoms with E-state index in [1.807, 2.05) is 13.0 Å². The van der Waals surface area contributed by atoms with Crippen LogP contribution in [-0.4, -0.2) is 38.7 Å². The number of anilines is 2. The smallest absolute Gasteiger partial charge is 0.184 e. The number of nitrogens with one attached hydrogen (secondary N) is 1. The number of fused-ring (bicyclic) bond motifs is 1. The van der Waals surface area contributed by atoms with E-state index in [4.69, 9.17) is 4.74 Å². The van der Waals surface area contributed by atoms with Crippen LogP contribution in [0.5, 0.6) is 0 Å². The molecule has 0 aliphatic rings. The zero-order valence-electron chi connectivity index (χ0n) is 14.7. The van der Waals surface area contributed by atoms with Gasteiger partial charge >= 0.3 is 0 Å². The molecule has 1 N–H and O–H groups in total. The number of halogens is 1. The van der Waals surface area contributed by atoms with Gasteiger partial charge in [-0.25, -0.2) is 14.6 Å². The SMILES string of the molecule is COCCn1nnc2c(Nc3ccc(C(C)C)cc3Br)nc(C)nc21. The second-order valence-electron chi connectivity index (χ2n) is 6.12. The topological polar surface area (TPSA) is 77.8 Å². The summed E-state index contributed by atoms with van der Waals surface area (Å²) in [7, 11) is 1.66. The number of aryl methyl sites for hydroxylation is 1. The second-order valence-corrected chi connectivity index (χ2v) is 6.97. The average molecular weight is 405 g/mol. The molecule has 0 aliphatic carbocycles. The average Bonchev–Trinajstić information content (AvgIpc) is 2.97. The summed E-state index contributed by atoms with van der Waals surface area (Å²) in [5, 5.41) is 11.8. The van der Waals surface area contributed by atoms with Crippen LogP contribution in [-0.2, 0) is 11.3 Å².